The van der Waals surface area contributed by atoms with Crippen LogP contribution in [0.1, 0.15) is 28.3 Å². The van der Waals surface area contributed by atoms with Gasteiger partial charge in [0.25, 0.3) is 0 Å². The summed E-state index contributed by atoms with van der Waals surface area (Å²) in [7, 11) is 0. The minimum atomic E-state index is -0.130. The number of nitrogens with two attached hydrogens (primary N) is 1. The zero-order chi connectivity index (χ0) is 13.3. The summed E-state index contributed by atoms with van der Waals surface area (Å²) >= 11 is 8.51. The summed E-state index contributed by atoms with van der Waals surface area (Å²) in [6.45, 7) is 4.09. The van der Waals surface area contributed by atoms with Crippen molar-refractivity contribution in [3.05, 3.63) is 67.2 Å². The molecule has 1 nitrogen and oxygen atoms in total. The molecule has 2 N–H and O–H groups in total. The van der Waals surface area contributed by atoms with E-state index in [2.05, 4.69) is 41.6 Å². The summed E-state index contributed by atoms with van der Waals surface area (Å²) in [5, 5.41) is 0.769. The standard InChI is InChI=1S/C15H15ClIN/c1-9-6-7-11(8-13(9)16)15(18)12-5-3-4-10(2)14(12)17/h3-8,15H,18H2,1-2H3. The van der Waals surface area contributed by atoms with Crippen LogP contribution in [0.2, 0.25) is 5.02 Å². The van der Waals surface area contributed by atoms with Crippen LogP contribution in [0.4, 0.5) is 0 Å². The fourth-order valence-electron chi connectivity index (χ4n) is 1.89. The molecule has 0 saturated heterocycles. The van der Waals surface area contributed by atoms with Gasteiger partial charge in [-0.25, -0.2) is 0 Å². The number of aryl methyl sites for hydroxylation is 2. The molecule has 0 spiro atoms. The van der Waals surface area contributed by atoms with Crippen molar-refractivity contribution in [1.29, 1.82) is 0 Å². The predicted octanol–water partition coefficient (Wildman–Crippen LogP) is 4.61. The van der Waals surface area contributed by atoms with Crippen LogP contribution < -0.4 is 5.73 Å². The van der Waals surface area contributed by atoms with Gasteiger partial charge in [0, 0.05) is 8.59 Å². The molecular formula is C15H15ClIN. The van der Waals surface area contributed by atoms with Gasteiger partial charge in [-0.1, -0.05) is 41.9 Å². The Labute approximate surface area is 126 Å². The van der Waals surface area contributed by atoms with Crippen molar-refractivity contribution in [3.63, 3.8) is 0 Å². The average molecular weight is 372 g/mol. The molecule has 1 atom stereocenters. The van der Waals surface area contributed by atoms with Crippen molar-refractivity contribution in [2.45, 2.75) is 19.9 Å². The number of benzene rings is 2. The Morgan fingerprint density at radius 1 is 1.11 bits per heavy atom. The van der Waals surface area contributed by atoms with Crippen LogP contribution in [0.15, 0.2) is 36.4 Å². The lowest BCUT2D eigenvalue weighted by molar-refractivity contribution is 0.862. The highest BCUT2D eigenvalue weighted by Crippen LogP contribution is 2.28. The highest BCUT2D eigenvalue weighted by Gasteiger charge is 2.13. The zero-order valence-corrected chi connectivity index (χ0v) is 13.3. The van der Waals surface area contributed by atoms with Crippen LogP contribution in [-0.4, -0.2) is 0 Å². The SMILES string of the molecule is Cc1ccc(C(N)c2cccc(C)c2I)cc1Cl. The van der Waals surface area contributed by atoms with Gasteiger partial charge in [0.1, 0.15) is 0 Å². The molecule has 0 aliphatic carbocycles. The predicted molar refractivity (Wildman–Crippen MR) is 86.1 cm³/mol. The maximum absolute atomic E-state index is 6.34. The largest absolute Gasteiger partial charge is 0.320 e. The number of halogens is 2. The van der Waals surface area contributed by atoms with Gasteiger partial charge in [0.05, 0.1) is 6.04 Å². The first kappa shape index (κ1) is 13.8. The minimum Gasteiger partial charge on any atom is -0.320 e. The van der Waals surface area contributed by atoms with E-state index in [1.54, 1.807) is 0 Å². The number of rotatable bonds is 2. The fraction of sp³-hybridized carbons (Fsp3) is 0.200. The van der Waals surface area contributed by atoms with Crippen LogP contribution in [0.25, 0.3) is 0 Å². The van der Waals surface area contributed by atoms with E-state index in [4.69, 9.17) is 17.3 Å². The van der Waals surface area contributed by atoms with Crippen LogP contribution in [0, 0.1) is 17.4 Å². The van der Waals surface area contributed by atoms with Gasteiger partial charge < -0.3 is 5.73 Å². The molecule has 18 heavy (non-hydrogen) atoms. The summed E-state index contributed by atoms with van der Waals surface area (Å²) < 4.78 is 1.22. The molecule has 0 heterocycles. The van der Waals surface area contributed by atoms with Crippen molar-refractivity contribution >= 4 is 34.2 Å². The fourth-order valence-corrected chi connectivity index (χ4v) is 2.78. The Balaban J connectivity index is 2.44. The maximum atomic E-state index is 6.34. The summed E-state index contributed by atoms with van der Waals surface area (Å²) in [6, 6.07) is 12.1. The molecule has 0 aliphatic heterocycles. The summed E-state index contributed by atoms with van der Waals surface area (Å²) in [4.78, 5) is 0. The van der Waals surface area contributed by atoms with E-state index >= 15 is 0 Å². The molecule has 0 fully saturated rings. The van der Waals surface area contributed by atoms with Crippen molar-refractivity contribution in [2.24, 2.45) is 5.73 Å². The molecule has 1 unspecified atom stereocenters. The second-order valence-corrected chi connectivity index (χ2v) is 5.95. The lowest BCUT2D eigenvalue weighted by Crippen LogP contribution is -2.13. The molecule has 2 rings (SSSR count). The van der Waals surface area contributed by atoms with E-state index in [-0.39, 0.29) is 6.04 Å². The third kappa shape index (κ3) is 2.71. The van der Waals surface area contributed by atoms with Crippen LogP contribution in [-0.2, 0) is 0 Å². The van der Waals surface area contributed by atoms with E-state index in [0.29, 0.717) is 0 Å². The summed E-state index contributed by atoms with van der Waals surface area (Å²) in [5.41, 5.74) is 10.9. The lowest BCUT2D eigenvalue weighted by Gasteiger charge is -2.16. The molecule has 0 radical (unpaired) electrons. The minimum absolute atomic E-state index is 0.130. The molecule has 3 heteroatoms. The third-order valence-corrected chi connectivity index (χ3v) is 4.99. The molecule has 0 aromatic heterocycles. The van der Waals surface area contributed by atoms with Gasteiger partial charge in [0.15, 0.2) is 0 Å². The Kier molecular flexibility index (Phi) is 4.30. The van der Waals surface area contributed by atoms with Crippen molar-refractivity contribution < 1.29 is 0 Å². The van der Waals surface area contributed by atoms with E-state index in [0.717, 1.165) is 21.7 Å². The van der Waals surface area contributed by atoms with E-state index in [1.165, 1.54) is 9.13 Å². The van der Waals surface area contributed by atoms with E-state index < -0.39 is 0 Å². The van der Waals surface area contributed by atoms with Gasteiger partial charge in [-0.05, 0) is 64.8 Å². The quantitative estimate of drug-likeness (QED) is 0.767. The Morgan fingerprint density at radius 3 is 2.50 bits per heavy atom. The maximum Gasteiger partial charge on any atom is 0.0562 e. The van der Waals surface area contributed by atoms with Gasteiger partial charge in [0.2, 0.25) is 0 Å². The highest BCUT2D eigenvalue weighted by atomic mass is 127. The van der Waals surface area contributed by atoms with E-state index in [9.17, 15) is 0 Å². The first-order valence-electron chi connectivity index (χ1n) is 5.77. The van der Waals surface area contributed by atoms with Crippen LogP contribution in [0.3, 0.4) is 0 Å². The van der Waals surface area contributed by atoms with Gasteiger partial charge in [-0.15, -0.1) is 0 Å². The monoisotopic (exact) mass is 371 g/mol. The van der Waals surface area contributed by atoms with Gasteiger partial charge in [-0.2, -0.15) is 0 Å². The first-order valence-corrected chi connectivity index (χ1v) is 7.23. The van der Waals surface area contributed by atoms with Crippen LogP contribution in [0.5, 0.6) is 0 Å². The number of hydrogen-bond acceptors (Lipinski definition) is 1. The van der Waals surface area contributed by atoms with Crippen molar-refractivity contribution in [3.8, 4) is 0 Å². The highest BCUT2D eigenvalue weighted by molar-refractivity contribution is 14.1. The summed E-state index contributed by atoms with van der Waals surface area (Å²) in [6.07, 6.45) is 0. The number of hydrogen-bond donors (Lipinski definition) is 1. The molecular weight excluding hydrogens is 357 g/mol. The lowest BCUT2D eigenvalue weighted by atomic mass is 9.97. The average Bonchev–Trinajstić information content (AvgIpc) is 2.35. The molecule has 0 saturated carbocycles. The van der Waals surface area contributed by atoms with Gasteiger partial charge in [-0.3, -0.25) is 0 Å². The second-order valence-electron chi connectivity index (χ2n) is 4.46. The zero-order valence-electron chi connectivity index (χ0n) is 10.4. The first-order chi connectivity index (χ1) is 8.50. The smallest absolute Gasteiger partial charge is 0.0562 e. The van der Waals surface area contributed by atoms with Crippen molar-refractivity contribution in [1.82, 2.24) is 0 Å². The Morgan fingerprint density at radius 2 is 1.83 bits per heavy atom. The normalized spacial score (nSPS) is 12.5. The topological polar surface area (TPSA) is 26.0 Å². The molecule has 0 aliphatic rings. The third-order valence-electron chi connectivity index (χ3n) is 3.11. The summed E-state index contributed by atoms with van der Waals surface area (Å²) in [5.74, 6) is 0. The molecule has 0 amide bonds. The van der Waals surface area contributed by atoms with Crippen LogP contribution >= 0.6 is 34.2 Å². The molecule has 2 aromatic carbocycles. The Hall–Kier alpha value is -0.580. The van der Waals surface area contributed by atoms with Crippen molar-refractivity contribution in [2.75, 3.05) is 0 Å². The Bertz CT molecular complexity index is 581. The van der Waals surface area contributed by atoms with Gasteiger partial charge >= 0.3 is 0 Å². The molecule has 2 aromatic rings. The molecule has 94 valence electrons. The second kappa shape index (κ2) is 5.59. The molecule has 0 bridgehead atoms. The van der Waals surface area contributed by atoms with E-state index in [1.807, 2.05) is 31.2 Å².